The van der Waals surface area contributed by atoms with E-state index in [2.05, 4.69) is 17.7 Å². The Bertz CT molecular complexity index is 193. The molecule has 0 aromatic carbocycles. The van der Waals surface area contributed by atoms with Crippen LogP contribution in [0.4, 0.5) is 0 Å². The van der Waals surface area contributed by atoms with E-state index in [0.29, 0.717) is 0 Å². The molecule has 0 aromatic rings. The first-order valence-electron chi connectivity index (χ1n) is 6.06. The van der Waals surface area contributed by atoms with E-state index in [0.717, 1.165) is 6.61 Å². The molecule has 82 valence electrons. The first-order chi connectivity index (χ1) is 6.70. The van der Waals surface area contributed by atoms with Gasteiger partial charge in [-0.05, 0) is 32.4 Å². The molecular weight excluding hydrogens is 206 g/mol. The second-order valence-corrected chi connectivity index (χ2v) is 17.8. The number of hydrogen-bond donors (Lipinski definition) is 0. The van der Waals surface area contributed by atoms with E-state index in [4.69, 9.17) is 4.43 Å². The van der Waals surface area contributed by atoms with Crippen LogP contribution in [-0.4, -0.2) is 40.6 Å². The summed E-state index contributed by atoms with van der Waals surface area (Å²) in [7, 11) is -1.91. The van der Waals surface area contributed by atoms with Gasteiger partial charge in [-0.2, -0.15) is 0 Å². The van der Waals surface area contributed by atoms with Crippen molar-refractivity contribution in [2.75, 3.05) is 19.7 Å². The van der Waals surface area contributed by atoms with Gasteiger partial charge in [-0.3, -0.25) is 0 Å². The molecule has 0 amide bonds. The number of hydrogen-bond acceptors (Lipinski definition) is 2. The van der Waals surface area contributed by atoms with E-state index < -0.39 is 16.3 Å². The van der Waals surface area contributed by atoms with Crippen molar-refractivity contribution in [2.45, 2.75) is 44.8 Å². The SMILES string of the molecule is C[Si]1(C)CCCO[SiH]1N1CCCCC1. The van der Waals surface area contributed by atoms with E-state index in [-0.39, 0.29) is 0 Å². The van der Waals surface area contributed by atoms with Gasteiger partial charge in [0.1, 0.15) is 0 Å². The fraction of sp³-hybridized carbons (Fsp3) is 1.00. The molecule has 2 aliphatic rings. The highest BCUT2D eigenvalue weighted by molar-refractivity contribution is 7.29. The Morgan fingerprint density at radius 1 is 1.07 bits per heavy atom. The Balaban J connectivity index is 1.99. The molecule has 1 unspecified atom stereocenters. The quantitative estimate of drug-likeness (QED) is 0.637. The summed E-state index contributed by atoms with van der Waals surface area (Å²) >= 11 is 0. The molecule has 0 saturated carbocycles. The van der Waals surface area contributed by atoms with Crippen LogP contribution < -0.4 is 0 Å². The van der Waals surface area contributed by atoms with Gasteiger partial charge in [-0.25, -0.2) is 0 Å². The highest BCUT2D eigenvalue weighted by atomic mass is 29.2. The van der Waals surface area contributed by atoms with Crippen molar-refractivity contribution >= 4 is 16.3 Å². The third kappa shape index (κ3) is 2.29. The molecule has 0 N–H and O–H groups in total. The molecule has 0 spiro atoms. The van der Waals surface area contributed by atoms with Gasteiger partial charge in [0.05, 0.1) is 7.59 Å². The lowest BCUT2D eigenvalue weighted by molar-refractivity contribution is 0.243. The van der Waals surface area contributed by atoms with Crippen LogP contribution in [-0.2, 0) is 4.43 Å². The summed E-state index contributed by atoms with van der Waals surface area (Å²) in [6, 6.07) is 1.51. The summed E-state index contributed by atoms with van der Waals surface area (Å²) in [4.78, 5) is 0. The van der Waals surface area contributed by atoms with E-state index in [1.807, 2.05) is 0 Å². The Hall–Kier alpha value is 0.354. The van der Waals surface area contributed by atoms with Gasteiger partial charge < -0.3 is 8.99 Å². The Kier molecular flexibility index (Phi) is 3.47. The Labute approximate surface area is 90.2 Å². The summed E-state index contributed by atoms with van der Waals surface area (Å²) in [6.45, 7) is 8.85. The summed E-state index contributed by atoms with van der Waals surface area (Å²) in [6.07, 6.45) is 5.60. The highest BCUT2D eigenvalue weighted by Gasteiger charge is 2.41. The maximum absolute atomic E-state index is 6.16. The Morgan fingerprint density at radius 2 is 1.79 bits per heavy atom. The average molecular weight is 229 g/mol. The van der Waals surface area contributed by atoms with Crippen molar-refractivity contribution in [2.24, 2.45) is 0 Å². The third-order valence-corrected chi connectivity index (χ3v) is 14.8. The predicted molar refractivity (Wildman–Crippen MR) is 65.4 cm³/mol. The summed E-state index contributed by atoms with van der Waals surface area (Å²) in [5.74, 6) is 0. The third-order valence-electron chi connectivity index (χ3n) is 3.63. The summed E-state index contributed by atoms with van der Waals surface area (Å²) in [5, 5.41) is 0. The second kappa shape index (κ2) is 4.47. The van der Waals surface area contributed by atoms with E-state index in [9.17, 15) is 0 Å². The minimum Gasteiger partial charge on any atom is -0.408 e. The molecule has 2 rings (SSSR count). The molecular formula is C10H23NOSi2. The van der Waals surface area contributed by atoms with Crippen molar-refractivity contribution in [3.05, 3.63) is 0 Å². The van der Waals surface area contributed by atoms with Crippen LogP contribution in [0.5, 0.6) is 0 Å². The van der Waals surface area contributed by atoms with Crippen LogP contribution in [0.15, 0.2) is 0 Å². The topological polar surface area (TPSA) is 12.5 Å². The fourth-order valence-electron chi connectivity index (χ4n) is 2.82. The molecule has 2 saturated heterocycles. The molecule has 14 heavy (non-hydrogen) atoms. The van der Waals surface area contributed by atoms with Gasteiger partial charge in [-0.1, -0.05) is 25.6 Å². The smallest absolute Gasteiger partial charge is 0.237 e. The summed E-state index contributed by atoms with van der Waals surface area (Å²) < 4.78 is 8.92. The van der Waals surface area contributed by atoms with Crippen LogP contribution >= 0.6 is 0 Å². The van der Waals surface area contributed by atoms with Crippen LogP contribution in [0.2, 0.25) is 19.1 Å². The maximum Gasteiger partial charge on any atom is 0.237 e. The van der Waals surface area contributed by atoms with Crippen LogP contribution in [0.3, 0.4) is 0 Å². The molecule has 0 bridgehead atoms. The van der Waals surface area contributed by atoms with Gasteiger partial charge in [-0.15, -0.1) is 0 Å². The van der Waals surface area contributed by atoms with Crippen molar-refractivity contribution in [1.82, 2.24) is 4.57 Å². The predicted octanol–water partition coefficient (Wildman–Crippen LogP) is 1.90. The number of nitrogens with zero attached hydrogens (tertiary/aromatic N) is 1. The second-order valence-electron chi connectivity index (χ2n) is 5.41. The number of rotatable bonds is 1. The van der Waals surface area contributed by atoms with Gasteiger partial charge in [0.25, 0.3) is 0 Å². The van der Waals surface area contributed by atoms with E-state index in [1.54, 1.807) is 0 Å². The number of piperidine rings is 1. The zero-order chi connectivity index (χ0) is 10.0. The van der Waals surface area contributed by atoms with E-state index >= 15 is 0 Å². The van der Waals surface area contributed by atoms with Crippen molar-refractivity contribution < 1.29 is 4.43 Å². The molecule has 0 aromatic heterocycles. The zero-order valence-corrected chi connectivity index (χ0v) is 11.7. The normalized spacial score (nSPS) is 34.3. The largest absolute Gasteiger partial charge is 0.408 e. The molecule has 0 aliphatic carbocycles. The van der Waals surface area contributed by atoms with Crippen LogP contribution in [0, 0.1) is 0 Å². The lowest BCUT2D eigenvalue weighted by Crippen LogP contribution is -2.62. The summed E-state index contributed by atoms with van der Waals surface area (Å²) in [5.41, 5.74) is 0. The molecule has 2 fully saturated rings. The van der Waals surface area contributed by atoms with Gasteiger partial charge in [0, 0.05) is 6.61 Å². The molecule has 2 aliphatic heterocycles. The van der Waals surface area contributed by atoms with Crippen molar-refractivity contribution in [3.8, 4) is 0 Å². The standard InChI is InChI=1S/C10H23NOSi2/c1-14(2)10-6-9-12-13(14)11-7-4-3-5-8-11/h13H,3-10H2,1-2H3. The lowest BCUT2D eigenvalue weighted by Gasteiger charge is -2.43. The monoisotopic (exact) mass is 229 g/mol. The van der Waals surface area contributed by atoms with Gasteiger partial charge in [0.15, 0.2) is 0 Å². The van der Waals surface area contributed by atoms with Gasteiger partial charge in [0.2, 0.25) is 8.72 Å². The van der Waals surface area contributed by atoms with Crippen LogP contribution in [0.1, 0.15) is 25.7 Å². The molecule has 2 nitrogen and oxygen atoms in total. The zero-order valence-electron chi connectivity index (χ0n) is 9.59. The molecule has 1 atom stereocenters. The Morgan fingerprint density at radius 3 is 2.43 bits per heavy atom. The maximum atomic E-state index is 6.16. The van der Waals surface area contributed by atoms with E-state index in [1.165, 1.54) is 44.8 Å². The first kappa shape index (κ1) is 10.9. The first-order valence-corrected chi connectivity index (χ1v) is 12.1. The van der Waals surface area contributed by atoms with Crippen molar-refractivity contribution in [3.63, 3.8) is 0 Å². The fourth-order valence-corrected chi connectivity index (χ4v) is 13.8. The highest BCUT2D eigenvalue weighted by Crippen LogP contribution is 2.25. The lowest BCUT2D eigenvalue weighted by atomic mass is 10.2. The van der Waals surface area contributed by atoms with Gasteiger partial charge >= 0.3 is 0 Å². The molecule has 0 radical (unpaired) electrons. The molecule has 4 heteroatoms. The molecule has 2 heterocycles. The van der Waals surface area contributed by atoms with Crippen LogP contribution in [0.25, 0.3) is 0 Å². The van der Waals surface area contributed by atoms with Crippen molar-refractivity contribution in [1.29, 1.82) is 0 Å². The minimum absolute atomic E-state index is 0.944. The average Bonchev–Trinajstić information content (AvgIpc) is 2.18. The minimum atomic E-state index is -0.965.